The molecule has 7 amide bonds. The molecule has 1 aliphatic rings. The summed E-state index contributed by atoms with van der Waals surface area (Å²) in [4.78, 5) is 99.9. The van der Waals surface area contributed by atoms with E-state index < -0.39 is 109 Å². The highest BCUT2D eigenvalue weighted by Crippen LogP contribution is 2.19. The largest absolute Gasteiger partial charge is 0.481 e. The molecular formula is C26H44N8O11. The van der Waals surface area contributed by atoms with E-state index in [1.54, 1.807) is 13.8 Å². The number of aliphatic carboxylic acids is 1. The molecule has 0 spiro atoms. The highest BCUT2D eigenvalue weighted by atomic mass is 16.4. The lowest BCUT2D eigenvalue weighted by molar-refractivity contribution is -0.144. The van der Waals surface area contributed by atoms with E-state index in [1.807, 2.05) is 0 Å². The molecule has 0 radical (unpaired) electrons. The number of aliphatic hydroxyl groups excluding tert-OH is 2. The van der Waals surface area contributed by atoms with Crippen LogP contribution in [0.4, 0.5) is 0 Å². The Hall–Kier alpha value is -4.36. The van der Waals surface area contributed by atoms with Crippen molar-refractivity contribution in [2.45, 2.75) is 76.2 Å². The van der Waals surface area contributed by atoms with Gasteiger partial charge in [0.2, 0.25) is 41.4 Å². The summed E-state index contributed by atoms with van der Waals surface area (Å²) < 4.78 is 0. The molecule has 0 aromatic carbocycles. The van der Waals surface area contributed by atoms with Crippen LogP contribution in [-0.2, 0) is 38.4 Å². The molecule has 0 aliphatic carbocycles. The van der Waals surface area contributed by atoms with Gasteiger partial charge in [0.05, 0.1) is 32.0 Å². The first-order chi connectivity index (χ1) is 21.1. The first-order valence-electron chi connectivity index (χ1n) is 14.4. The zero-order valence-electron chi connectivity index (χ0n) is 25.2. The van der Waals surface area contributed by atoms with Gasteiger partial charge in [0.15, 0.2) is 0 Å². The second kappa shape index (κ2) is 19.1. The van der Waals surface area contributed by atoms with E-state index in [1.165, 1.54) is 0 Å². The summed E-state index contributed by atoms with van der Waals surface area (Å²) in [6, 6.07) is -6.99. The molecule has 0 unspecified atom stereocenters. The SMILES string of the molecule is CC(C)[C@H](NC(=O)[C@H](CO)NC(=O)[C@H](CC(N)=O)NC(=O)[C@@H]1CCCN1C(=O)[C@@H](N)CC(=O)O)C(=O)NCC(=O)NCCCO. The van der Waals surface area contributed by atoms with Crippen molar-refractivity contribution in [3.63, 3.8) is 0 Å². The predicted octanol–water partition coefficient (Wildman–Crippen LogP) is -5.63. The Morgan fingerprint density at radius 1 is 0.889 bits per heavy atom. The van der Waals surface area contributed by atoms with Gasteiger partial charge in [-0.2, -0.15) is 0 Å². The number of likely N-dealkylation sites (tertiary alicyclic amines) is 1. The van der Waals surface area contributed by atoms with Crippen LogP contribution in [0.5, 0.6) is 0 Å². The molecule has 0 aromatic heterocycles. The van der Waals surface area contributed by atoms with Crippen molar-refractivity contribution in [1.82, 2.24) is 31.5 Å². The van der Waals surface area contributed by atoms with E-state index in [0.29, 0.717) is 12.8 Å². The number of nitrogens with one attached hydrogen (secondary N) is 5. The van der Waals surface area contributed by atoms with Crippen LogP contribution in [0.2, 0.25) is 0 Å². The minimum absolute atomic E-state index is 0.0999. The molecule has 254 valence electrons. The van der Waals surface area contributed by atoms with Crippen LogP contribution in [-0.4, -0.2) is 131 Å². The van der Waals surface area contributed by atoms with Crippen molar-refractivity contribution < 1.29 is 53.7 Å². The van der Waals surface area contributed by atoms with Crippen molar-refractivity contribution in [2.24, 2.45) is 17.4 Å². The van der Waals surface area contributed by atoms with E-state index in [-0.39, 0.29) is 26.1 Å². The number of rotatable bonds is 19. The average Bonchev–Trinajstić information content (AvgIpc) is 3.46. The molecule has 0 aromatic rings. The molecule has 0 bridgehead atoms. The normalized spacial score (nSPS) is 16.9. The number of carboxylic acids is 1. The number of nitrogens with zero attached hydrogens (tertiary/aromatic N) is 1. The van der Waals surface area contributed by atoms with Gasteiger partial charge in [-0.1, -0.05) is 13.8 Å². The Balaban J connectivity index is 2.92. The van der Waals surface area contributed by atoms with Crippen molar-refractivity contribution >= 4 is 47.3 Å². The standard InChI is InChI=1S/C26H44N8O11/c1-13(2)21(25(44)30-11-19(38)29-6-4-8-35)33-23(42)16(12-36)32-22(41)15(10-18(28)37)31-24(43)17-5-3-7-34(17)26(45)14(27)9-20(39)40/h13-17,21,35-36H,3-12,27H2,1-2H3,(H2,28,37)(H,29,38)(H,30,44)(H,31,43)(H,32,41)(H,33,42)(H,39,40)/t14-,15-,16-,17-,21-/m0/s1. The molecule has 45 heavy (non-hydrogen) atoms. The lowest BCUT2D eigenvalue weighted by atomic mass is 10.0. The van der Waals surface area contributed by atoms with E-state index in [4.69, 9.17) is 21.7 Å². The van der Waals surface area contributed by atoms with E-state index in [0.717, 1.165) is 4.90 Å². The Morgan fingerprint density at radius 3 is 2.09 bits per heavy atom. The van der Waals surface area contributed by atoms with Crippen molar-refractivity contribution in [3.05, 3.63) is 0 Å². The number of aliphatic hydroxyl groups is 2. The minimum atomic E-state index is -1.64. The van der Waals surface area contributed by atoms with Crippen molar-refractivity contribution in [1.29, 1.82) is 0 Å². The molecule has 1 rings (SSSR count). The van der Waals surface area contributed by atoms with E-state index in [9.17, 15) is 43.5 Å². The molecule has 19 nitrogen and oxygen atoms in total. The van der Waals surface area contributed by atoms with Crippen LogP contribution < -0.4 is 38.1 Å². The molecule has 1 fully saturated rings. The summed E-state index contributed by atoms with van der Waals surface area (Å²) in [6.07, 6.45) is -0.519. The van der Waals surface area contributed by atoms with Gasteiger partial charge in [0, 0.05) is 19.7 Å². The summed E-state index contributed by atoms with van der Waals surface area (Å²) >= 11 is 0. The summed E-state index contributed by atoms with van der Waals surface area (Å²) in [7, 11) is 0. The molecule has 19 heteroatoms. The highest BCUT2D eigenvalue weighted by Gasteiger charge is 2.39. The first kappa shape index (κ1) is 38.7. The minimum Gasteiger partial charge on any atom is -0.481 e. The fourth-order valence-electron chi connectivity index (χ4n) is 4.37. The Labute approximate surface area is 259 Å². The van der Waals surface area contributed by atoms with Crippen LogP contribution in [0.15, 0.2) is 0 Å². The number of carbonyl (C=O) groups is 8. The number of hydrogen-bond donors (Lipinski definition) is 10. The Kier molecular flexibility index (Phi) is 16.4. The van der Waals surface area contributed by atoms with Gasteiger partial charge in [-0.25, -0.2) is 0 Å². The third-order valence-corrected chi connectivity index (χ3v) is 6.73. The average molecular weight is 645 g/mol. The molecule has 1 saturated heterocycles. The highest BCUT2D eigenvalue weighted by molar-refractivity contribution is 5.98. The molecular weight excluding hydrogens is 600 g/mol. The Morgan fingerprint density at radius 2 is 1.53 bits per heavy atom. The number of primary amides is 1. The summed E-state index contributed by atoms with van der Waals surface area (Å²) in [5.41, 5.74) is 10.9. The first-order valence-corrected chi connectivity index (χ1v) is 14.4. The summed E-state index contributed by atoms with van der Waals surface area (Å²) in [5.74, 6) is -7.77. The number of hydrogen-bond acceptors (Lipinski definition) is 11. The smallest absolute Gasteiger partial charge is 0.305 e. The quantitative estimate of drug-likeness (QED) is 0.0589. The molecule has 0 saturated carbocycles. The maximum absolute atomic E-state index is 13.1. The third-order valence-electron chi connectivity index (χ3n) is 6.73. The van der Waals surface area contributed by atoms with Gasteiger partial charge >= 0.3 is 5.97 Å². The number of carbonyl (C=O) groups excluding carboxylic acids is 7. The zero-order valence-corrected chi connectivity index (χ0v) is 25.2. The van der Waals surface area contributed by atoms with Crippen LogP contribution in [0.25, 0.3) is 0 Å². The van der Waals surface area contributed by atoms with Gasteiger partial charge in [0.1, 0.15) is 24.2 Å². The van der Waals surface area contributed by atoms with Crippen molar-refractivity contribution in [2.75, 3.05) is 32.8 Å². The fraction of sp³-hybridized carbons (Fsp3) is 0.692. The van der Waals surface area contributed by atoms with Gasteiger partial charge in [-0.3, -0.25) is 38.4 Å². The fourth-order valence-corrected chi connectivity index (χ4v) is 4.37. The topological polar surface area (TPSA) is 313 Å². The van der Waals surface area contributed by atoms with Crippen LogP contribution >= 0.6 is 0 Å². The summed E-state index contributed by atoms with van der Waals surface area (Å²) in [5, 5.41) is 39.3. The Bertz CT molecular complexity index is 1100. The number of carboxylic acid groups (broad SMARTS) is 1. The molecule has 1 aliphatic heterocycles. The van der Waals surface area contributed by atoms with E-state index in [2.05, 4.69) is 26.6 Å². The third kappa shape index (κ3) is 13.0. The second-order valence-electron chi connectivity index (χ2n) is 10.7. The second-order valence-corrected chi connectivity index (χ2v) is 10.7. The monoisotopic (exact) mass is 644 g/mol. The molecule has 12 N–H and O–H groups in total. The van der Waals surface area contributed by atoms with Gasteiger partial charge in [0.25, 0.3) is 0 Å². The molecule has 1 heterocycles. The van der Waals surface area contributed by atoms with Gasteiger partial charge < -0.3 is 58.3 Å². The lowest BCUT2D eigenvalue weighted by Gasteiger charge is -2.28. The van der Waals surface area contributed by atoms with Gasteiger partial charge in [-0.05, 0) is 25.2 Å². The van der Waals surface area contributed by atoms with Gasteiger partial charge in [-0.15, -0.1) is 0 Å². The maximum atomic E-state index is 13.1. The predicted molar refractivity (Wildman–Crippen MR) is 154 cm³/mol. The lowest BCUT2D eigenvalue weighted by Crippen LogP contribution is -2.60. The van der Waals surface area contributed by atoms with Crippen LogP contribution in [0.1, 0.15) is 46.0 Å². The number of amides is 7. The molecule has 5 atom stereocenters. The summed E-state index contributed by atoms with van der Waals surface area (Å²) in [6.45, 7) is 2.02. The zero-order chi connectivity index (χ0) is 34.3. The number of nitrogens with two attached hydrogens (primary N) is 2. The van der Waals surface area contributed by atoms with Crippen LogP contribution in [0.3, 0.4) is 0 Å². The van der Waals surface area contributed by atoms with Crippen LogP contribution in [0, 0.1) is 5.92 Å². The van der Waals surface area contributed by atoms with E-state index >= 15 is 0 Å². The maximum Gasteiger partial charge on any atom is 0.305 e. The van der Waals surface area contributed by atoms with Crippen molar-refractivity contribution in [3.8, 4) is 0 Å².